The summed E-state index contributed by atoms with van der Waals surface area (Å²) in [6.45, 7) is 0.240. The maximum absolute atomic E-state index is 12.2. The summed E-state index contributed by atoms with van der Waals surface area (Å²) in [4.78, 5) is 3.95. The van der Waals surface area contributed by atoms with Crippen LogP contribution in [0, 0.1) is 6.07 Å². The summed E-state index contributed by atoms with van der Waals surface area (Å²) in [7, 11) is 0. The van der Waals surface area contributed by atoms with Gasteiger partial charge in [-0.2, -0.15) is 18.3 Å². The highest BCUT2D eigenvalue weighted by Crippen LogP contribution is 2.26. The van der Waals surface area contributed by atoms with Gasteiger partial charge in [-0.25, -0.2) is 4.98 Å². The summed E-state index contributed by atoms with van der Waals surface area (Å²) in [5.74, 6) is 0. The fraction of sp³-hybridized carbons (Fsp3) is 0.250. The molecule has 0 atom stereocenters. The first-order valence-electron chi connectivity index (χ1n) is 3.96. The largest absolute Gasteiger partial charge is 0.435 e. The number of hydrogen-bond donors (Lipinski definition) is 0. The second-order valence-corrected chi connectivity index (χ2v) is 3.72. The van der Waals surface area contributed by atoms with Crippen LogP contribution in [-0.2, 0) is 12.7 Å². The average Bonchev–Trinajstić information content (AvgIpc) is 2.73. The molecule has 0 saturated carbocycles. The van der Waals surface area contributed by atoms with E-state index in [1.54, 1.807) is 11.6 Å². The van der Waals surface area contributed by atoms with Crippen LogP contribution in [0.5, 0.6) is 0 Å². The van der Waals surface area contributed by atoms with Crippen LogP contribution in [0.2, 0.25) is 0 Å². The minimum absolute atomic E-state index is 0.240. The molecule has 0 saturated heterocycles. The fourth-order valence-electron chi connectivity index (χ4n) is 1.01. The Balaban J connectivity index is 2.15. The monoisotopic (exact) mass is 232 g/mol. The Labute approximate surface area is 87.2 Å². The van der Waals surface area contributed by atoms with Crippen LogP contribution >= 0.6 is 11.3 Å². The van der Waals surface area contributed by atoms with Gasteiger partial charge in [-0.05, 0) is 0 Å². The highest BCUT2D eigenvalue weighted by Gasteiger charge is 2.33. The number of halogens is 3. The summed E-state index contributed by atoms with van der Waals surface area (Å²) < 4.78 is 37.6. The van der Waals surface area contributed by atoms with Crippen molar-refractivity contribution in [1.82, 2.24) is 14.8 Å². The van der Waals surface area contributed by atoms with E-state index in [4.69, 9.17) is 0 Å². The second-order valence-electron chi connectivity index (χ2n) is 2.74. The van der Waals surface area contributed by atoms with E-state index in [2.05, 4.69) is 16.1 Å². The highest BCUT2D eigenvalue weighted by molar-refractivity contribution is 7.09. The van der Waals surface area contributed by atoms with Gasteiger partial charge in [0.2, 0.25) is 0 Å². The van der Waals surface area contributed by atoms with Gasteiger partial charge in [0.05, 0.1) is 6.54 Å². The fourth-order valence-corrected chi connectivity index (χ4v) is 1.62. The van der Waals surface area contributed by atoms with E-state index in [1.807, 2.05) is 0 Å². The van der Waals surface area contributed by atoms with Crippen LogP contribution in [0.25, 0.3) is 0 Å². The van der Waals surface area contributed by atoms with Crippen LogP contribution in [-0.4, -0.2) is 14.8 Å². The Morgan fingerprint density at radius 2 is 2.27 bits per heavy atom. The van der Waals surface area contributed by atoms with Gasteiger partial charge < -0.3 is 0 Å². The van der Waals surface area contributed by atoms with Gasteiger partial charge in [0.15, 0.2) is 5.69 Å². The molecule has 2 aromatic heterocycles. The minimum Gasteiger partial charge on any atom is -0.265 e. The first kappa shape index (κ1) is 10.2. The van der Waals surface area contributed by atoms with Crippen LogP contribution in [0.15, 0.2) is 17.8 Å². The lowest BCUT2D eigenvalue weighted by Crippen LogP contribution is -2.08. The number of nitrogens with zero attached hydrogens (tertiary/aromatic N) is 3. The summed E-state index contributed by atoms with van der Waals surface area (Å²) in [6.07, 6.45) is -1.67. The average molecular weight is 232 g/mol. The maximum Gasteiger partial charge on any atom is 0.435 e. The van der Waals surface area contributed by atoms with E-state index in [9.17, 15) is 13.2 Å². The van der Waals surface area contributed by atoms with E-state index >= 15 is 0 Å². The molecule has 0 aliphatic heterocycles. The first-order valence-corrected chi connectivity index (χ1v) is 4.84. The van der Waals surface area contributed by atoms with E-state index < -0.39 is 11.9 Å². The zero-order valence-corrected chi connectivity index (χ0v) is 8.14. The molecule has 15 heavy (non-hydrogen) atoms. The zero-order valence-electron chi connectivity index (χ0n) is 7.32. The van der Waals surface area contributed by atoms with Crippen molar-refractivity contribution >= 4 is 11.3 Å². The molecule has 7 heteroatoms. The third-order valence-electron chi connectivity index (χ3n) is 1.63. The Morgan fingerprint density at radius 3 is 2.80 bits per heavy atom. The van der Waals surface area contributed by atoms with Crippen molar-refractivity contribution in [2.24, 2.45) is 0 Å². The van der Waals surface area contributed by atoms with Crippen molar-refractivity contribution in [1.29, 1.82) is 0 Å². The molecule has 0 aliphatic carbocycles. The molecular weight excluding hydrogens is 227 g/mol. The van der Waals surface area contributed by atoms with Gasteiger partial charge in [0.1, 0.15) is 5.01 Å². The molecule has 0 fully saturated rings. The molecule has 2 aromatic rings. The van der Waals surface area contributed by atoms with Gasteiger partial charge >= 0.3 is 6.18 Å². The SMILES string of the molecule is FC(F)(F)c1[c]cn(Cc2nccs2)n1. The molecule has 0 bridgehead atoms. The Morgan fingerprint density at radius 1 is 1.47 bits per heavy atom. The molecule has 2 rings (SSSR count). The molecule has 0 aliphatic rings. The normalized spacial score (nSPS) is 11.9. The molecule has 0 unspecified atom stereocenters. The lowest BCUT2D eigenvalue weighted by Gasteiger charge is -2.00. The van der Waals surface area contributed by atoms with Crippen molar-refractivity contribution < 1.29 is 13.2 Å². The standard InChI is InChI=1S/C8H5F3N3S/c9-8(10,11)6-1-3-14(13-6)5-7-12-2-4-15-7/h2-4H,5H2. The molecule has 79 valence electrons. The second kappa shape index (κ2) is 3.65. The minimum atomic E-state index is -4.44. The van der Waals surface area contributed by atoms with Crippen molar-refractivity contribution in [2.45, 2.75) is 12.7 Å². The van der Waals surface area contributed by atoms with Gasteiger partial charge in [-0.1, -0.05) is 0 Å². The van der Waals surface area contributed by atoms with Crippen LogP contribution in [0.3, 0.4) is 0 Å². The number of aromatic nitrogens is 3. The van der Waals surface area contributed by atoms with Crippen molar-refractivity contribution in [3.63, 3.8) is 0 Å². The van der Waals surface area contributed by atoms with Gasteiger partial charge in [0, 0.05) is 23.8 Å². The lowest BCUT2D eigenvalue weighted by molar-refractivity contribution is -0.141. The molecule has 0 N–H and O–H groups in total. The Kier molecular flexibility index (Phi) is 2.47. The number of alkyl halides is 3. The quantitative estimate of drug-likeness (QED) is 0.794. The summed E-state index contributed by atoms with van der Waals surface area (Å²) in [5, 5.41) is 5.82. The van der Waals surface area contributed by atoms with Gasteiger partial charge in [-0.3, -0.25) is 4.68 Å². The topological polar surface area (TPSA) is 30.7 Å². The zero-order chi connectivity index (χ0) is 10.9. The molecule has 0 spiro atoms. The Bertz CT molecular complexity index is 432. The Hall–Kier alpha value is -1.37. The van der Waals surface area contributed by atoms with Gasteiger partial charge in [-0.15, -0.1) is 11.3 Å². The maximum atomic E-state index is 12.2. The molecule has 1 radical (unpaired) electrons. The van der Waals surface area contributed by atoms with Crippen LogP contribution in [0.4, 0.5) is 13.2 Å². The van der Waals surface area contributed by atoms with Crippen LogP contribution < -0.4 is 0 Å². The highest BCUT2D eigenvalue weighted by atomic mass is 32.1. The van der Waals surface area contributed by atoms with Gasteiger partial charge in [0.25, 0.3) is 0 Å². The molecule has 3 nitrogen and oxygen atoms in total. The van der Waals surface area contributed by atoms with E-state index in [0.29, 0.717) is 5.01 Å². The van der Waals surface area contributed by atoms with Crippen molar-refractivity contribution in [3.8, 4) is 0 Å². The van der Waals surface area contributed by atoms with E-state index in [0.717, 1.165) is 0 Å². The van der Waals surface area contributed by atoms with Crippen LogP contribution in [0.1, 0.15) is 10.7 Å². The number of hydrogen-bond acceptors (Lipinski definition) is 3. The molecule has 0 amide bonds. The van der Waals surface area contributed by atoms with Crippen molar-refractivity contribution in [2.75, 3.05) is 0 Å². The van der Waals surface area contributed by atoms with Crippen molar-refractivity contribution in [3.05, 3.63) is 34.5 Å². The summed E-state index contributed by atoms with van der Waals surface area (Å²) in [6, 6.07) is 2.06. The predicted octanol–water partition coefficient (Wildman–Crippen LogP) is 2.21. The molecule has 2 heterocycles. The predicted molar refractivity (Wildman–Crippen MR) is 47.3 cm³/mol. The smallest absolute Gasteiger partial charge is 0.265 e. The molecular formula is C8H5F3N3S. The number of rotatable bonds is 2. The number of thiazole rings is 1. The molecule has 0 aromatic carbocycles. The first-order chi connectivity index (χ1) is 7.05. The van der Waals surface area contributed by atoms with E-state index in [-0.39, 0.29) is 6.54 Å². The third kappa shape index (κ3) is 2.35. The third-order valence-corrected chi connectivity index (χ3v) is 2.39. The lowest BCUT2D eigenvalue weighted by atomic mass is 10.4. The summed E-state index contributed by atoms with van der Waals surface area (Å²) in [5.41, 5.74) is -1.00. The van der Waals surface area contributed by atoms with E-state index in [1.165, 1.54) is 22.2 Å². The summed E-state index contributed by atoms with van der Waals surface area (Å²) >= 11 is 1.37.